The largest absolute Gasteiger partial charge is 0.343 e. The Labute approximate surface area is 138 Å². The van der Waals surface area contributed by atoms with Gasteiger partial charge in [-0.05, 0) is 57.4 Å². The average molecular weight is 369 g/mol. The van der Waals surface area contributed by atoms with E-state index in [4.69, 9.17) is 9.47 Å². The number of benzene rings is 1. The van der Waals surface area contributed by atoms with Crippen molar-refractivity contribution in [2.24, 2.45) is 0 Å². The number of ether oxygens (including phenoxy) is 2. The van der Waals surface area contributed by atoms with Gasteiger partial charge in [0.1, 0.15) is 0 Å². The first kappa shape index (κ1) is 15.9. The van der Waals surface area contributed by atoms with Crippen LogP contribution in [-0.2, 0) is 20.7 Å². The van der Waals surface area contributed by atoms with Crippen molar-refractivity contribution in [2.75, 3.05) is 5.32 Å². The number of carbonyl (C=O) groups excluding carboxylic acids is 1. The Bertz CT molecular complexity index is 585. The second-order valence-electron chi connectivity index (χ2n) is 6.70. The minimum absolute atomic E-state index is 0.0221. The van der Waals surface area contributed by atoms with Gasteiger partial charge in [0, 0.05) is 10.2 Å². The molecule has 3 rings (SSSR count). The normalized spacial score (nSPS) is 27.8. The summed E-state index contributed by atoms with van der Waals surface area (Å²) in [7, 11) is 0. The van der Waals surface area contributed by atoms with Crippen LogP contribution >= 0.6 is 15.9 Å². The van der Waals surface area contributed by atoms with E-state index in [1.165, 1.54) is 0 Å². The predicted octanol–water partition coefficient (Wildman–Crippen LogP) is 2.79. The molecule has 3 atom stereocenters. The molecule has 0 spiro atoms. The summed E-state index contributed by atoms with van der Waals surface area (Å²) in [6.07, 6.45) is 1.09. The van der Waals surface area contributed by atoms with Gasteiger partial charge in [0.05, 0.1) is 11.6 Å². The third-order valence-electron chi connectivity index (χ3n) is 3.63. The number of anilines is 1. The molecule has 2 unspecified atom stereocenters. The van der Waals surface area contributed by atoms with Gasteiger partial charge in [0.15, 0.2) is 12.5 Å². The van der Waals surface area contributed by atoms with E-state index in [1.54, 1.807) is 0 Å². The van der Waals surface area contributed by atoms with E-state index in [2.05, 4.69) is 32.6 Å². The van der Waals surface area contributed by atoms with Crippen LogP contribution in [0, 0.1) is 0 Å². The molecule has 5 nitrogen and oxygen atoms in total. The minimum atomic E-state index is -0.273. The molecule has 6 heteroatoms. The lowest BCUT2D eigenvalue weighted by Crippen LogP contribution is -2.42. The molecule has 1 aromatic rings. The van der Waals surface area contributed by atoms with Crippen LogP contribution in [-0.4, -0.2) is 30.1 Å². The van der Waals surface area contributed by atoms with Crippen molar-refractivity contribution in [3.63, 3.8) is 0 Å². The van der Waals surface area contributed by atoms with Gasteiger partial charge in [0.25, 0.3) is 0 Å². The standard InChI is InChI=1S/C16H21BrN2O3/c1-16(2,3)22-15-14(21-15)19-12-6-4-9-8-10(17)5-7-11(9)18-13(12)20/h5,7-8,12,14-15,19H,4,6H2,1-3H3,(H,18,20)/t12-,14?,15?/m0/s1. The summed E-state index contributed by atoms with van der Waals surface area (Å²) < 4.78 is 12.2. The smallest absolute Gasteiger partial charge is 0.241 e. The molecule has 0 aliphatic carbocycles. The zero-order chi connectivity index (χ0) is 15.9. The van der Waals surface area contributed by atoms with Crippen LogP contribution in [0.1, 0.15) is 32.8 Å². The lowest BCUT2D eigenvalue weighted by Gasteiger charge is -2.18. The first-order valence-electron chi connectivity index (χ1n) is 7.50. The summed E-state index contributed by atoms with van der Waals surface area (Å²) in [4.78, 5) is 12.3. The number of nitrogens with one attached hydrogen (secondary N) is 2. The number of amides is 1. The molecule has 22 heavy (non-hydrogen) atoms. The van der Waals surface area contributed by atoms with Gasteiger partial charge in [0.2, 0.25) is 5.91 Å². The van der Waals surface area contributed by atoms with E-state index in [0.29, 0.717) is 0 Å². The van der Waals surface area contributed by atoms with Gasteiger partial charge in [-0.3, -0.25) is 10.1 Å². The van der Waals surface area contributed by atoms with Crippen molar-refractivity contribution in [3.8, 4) is 0 Å². The fraction of sp³-hybridized carbons (Fsp3) is 0.562. The molecular weight excluding hydrogens is 348 g/mol. The topological polar surface area (TPSA) is 62.9 Å². The molecular formula is C16H21BrN2O3. The van der Waals surface area contributed by atoms with Crippen molar-refractivity contribution in [1.82, 2.24) is 5.32 Å². The van der Waals surface area contributed by atoms with Crippen molar-refractivity contribution in [1.29, 1.82) is 0 Å². The molecule has 2 aliphatic rings. The summed E-state index contributed by atoms with van der Waals surface area (Å²) in [5.74, 6) is -0.0221. The van der Waals surface area contributed by atoms with Gasteiger partial charge >= 0.3 is 0 Å². The van der Waals surface area contributed by atoms with Crippen LogP contribution in [0.15, 0.2) is 22.7 Å². The highest BCUT2D eigenvalue weighted by molar-refractivity contribution is 9.10. The molecule has 2 N–H and O–H groups in total. The molecule has 120 valence electrons. The lowest BCUT2D eigenvalue weighted by atomic mass is 10.1. The number of halogens is 1. The summed E-state index contributed by atoms with van der Waals surface area (Å²) >= 11 is 3.47. The monoisotopic (exact) mass is 368 g/mol. The summed E-state index contributed by atoms with van der Waals surface area (Å²) in [5.41, 5.74) is 1.78. The van der Waals surface area contributed by atoms with E-state index in [1.807, 2.05) is 32.9 Å². The predicted molar refractivity (Wildman–Crippen MR) is 87.5 cm³/mol. The third kappa shape index (κ3) is 3.87. The molecule has 1 aromatic carbocycles. The molecule has 0 bridgehead atoms. The van der Waals surface area contributed by atoms with Gasteiger partial charge in [-0.25, -0.2) is 0 Å². The highest BCUT2D eigenvalue weighted by Gasteiger charge is 2.45. The Morgan fingerprint density at radius 1 is 1.41 bits per heavy atom. The molecule has 1 fully saturated rings. The van der Waals surface area contributed by atoms with Crippen molar-refractivity contribution < 1.29 is 14.3 Å². The first-order valence-corrected chi connectivity index (χ1v) is 8.30. The number of carbonyl (C=O) groups is 1. The van der Waals surface area contributed by atoms with Gasteiger partial charge in [-0.2, -0.15) is 0 Å². The van der Waals surface area contributed by atoms with Crippen LogP contribution in [0.3, 0.4) is 0 Å². The van der Waals surface area contributed by atoms with Crippen LogP contribution in [0.25, 0.3) is 0 Å². The van der Waals surface area contributed by atoms with E-state index in [0.717, 1.165) is 28.6 Å². The summed E-state index contributed by atoms with van der Waals surface area (Å²) in [6.45, 7) is 5.95. The fourth-order valence-electron chi connectivity index (χ4n) is 2.55. The third-order valence-corrected chi connectivity index (χ3v) is 4.12. The Hall–Kier alpha value is -0.950. The summed E-state index contributed by atoms with van der Waals surface area (Å²) in [5, 5.41) is 6.21. The first-order chi connectivity index (χ1) is 10.3. The lowest BCUT2D eigenvalue weighted by molar-refractivity contribution is -0.118. The van der Waals surface area contributed by atoms with E-state index in [-0.39, 0.29) is 30.1 Å². The van der Waals surface area contributed by atoms with E-state index < -0.39 is 0 Å². The maximum atomic E-state index is 12.3. The molecule has 1 amide bonds. The molecule has 0 radical (unpaired) electrons. The number of hydrogen-bond donors (Lipinski definition) is 2. The maximum absolute atomic E-state index is 12.3. The molecule has 1 saturated heterocycles. The fourth-order valence-corrected chi connectivity index (χ4v) is 2.96. The highest BCUT2D eigenvalue weighted by atomic mass is 79.9. The van der Waals surface area contributed by atoms with Gasteiger partial charge in [-0.1, -0.05) is 15.9 Å². The van der Waals surface area contributed by atoms with Gasteiger partial charge < -0.3 is 14.8 Å². The maximum Gasteiger partial charge on any atom is 0.241 e. The molecule has 2 heterocycles. The van der Waals surface area contributed by atoms with Crippen molar-refractivity contribution in [2.45, 2.75) is 57.8 Å². The molecule has 0 saturated carbocycles. The SMILES string of the molecule is CC(C)(C)OC1OC1N[C@H]1CCc2cc(Br)ccc2NC1=O. The number of fused-ring (bicyclic) bond motifs is 1. The van der Waals surface area contributed by atoms with E-state index >= 15 is 0 Å². The summed E-state index contributed by atoms with van der Waals surface area (Å²) in [6, 6.07) is 5.64. The van der Waals surface area contributed by atoms with Gasteiger partial charge in [-0.15, -0.1) is 0 Å². The van der Waals surface area contributed by atoms with Crippen molar-refractivity contribution in [3.05, 3.63) is 28.2 Å². The number of aryl methyl sites for hydroxylation is 1. The zero-order valence-corrected chi connectivity index (χ0v) is 14.6. The quantitative estimate of drug-likeness (QED) is 0.805. The highest BCUT2D eigenvalue weighted by Crippen LogP contribution is 2.29. The Balaban J connectivity index is 1.60. The Morgan fingerprint density at radius 2 is 2.18 bits per heavy atom. The van der Waals surface area contributed by atoms with Crippen LogP contribution in [0.5, 0.6) is 0 Å². The number of rotatable bonds is 3. The average Bonchev–Trinajstić information content (AvgIpc) is 3.13. The van der Waals surface area contributed by atoms with Crippen LogP contribution in [0.2, 0.25) is 0 Å². The number of hydrogen-bond acceptors (Lipinski definition) is 4. The van der Waals surface area contributed by atoms with Crippen LogP contribution < -0.4 is 10.6 Å². The second-order valence-corrected chi connectivity index (χ2v) is 7.62. The molecule has 0 aromatic heterocycles. The van der Waals surface area contributed by atoms with E-state index in [9.17, 15) is 4.79 Å². The number of epoxide rings is 1. The Kier molecular flexibility index (Phi) is 4.29. The van der Waals surface area contributed by atoms with Crippen LogP contribution in [0.4, 0.5) is 5.69 Å². The second kappa shape index (κ2) is 5.92. The molecule has 2 aliphatic heterocycles. The zero-order valence-electron chi connectivity index (χ0n) is 13.0. The van der Waals surface area contributed by atoms with Crippen molar-refractivity contribution >= 4 is 27.5 Å². The minimum Gasteiger partial charge on any atom is -0.343 e. The Morgan fingerprint density at radius 3 is 2.91 bits per heavy atom.